The summed E-state index contributed by atoms with van der Waals surface area (Å²) in [5, 5.41) is 2.36. The van der Waals surface area contributed by atoms with Crippen LogP contribution in [-0.2, 0) is 0 Å². The summed E-state index contributed by atoms with van der Waals surface area (Å²) in [4.78, 5) is 0. The summed E-state index contributed by atoms with van der Waals surface area (Å²) in [6, 6.07) is 10.4. The first-order chi connectivity index (χ1) is 6.72. The van der Waals surface area contributed by atoms with Crippen molar-refractivity contribution in [1.29, 1.82) is 0 Å². The zero-order valence-corrected chi connectivity index (χ0v) is 9.76. The number of methoxy groups -OCH3 is 1. The van der Waals surface area contributed by atoms with Crippen LogP contribution >= 0.6 is 15.9 Å². The molecule has 0 radical (unpaired) electrons. The van der Waals surface area contributed by atoms with E-state index in [4.69, 9.17) is 4.74 Å². The average molecular weight is 251 g/mol. The van der Waals surface area contributed by atoms with Crippen molar-refractivity contribution in [2.45, 2.75) is 6.92 Å². The van der Waals surface area contributed by atoms with Gasteiger partial charge in [0.25, 0.3) is 0 Å². The monoisotopic (exact) mass is 250 g/mol. The van der Waals surface area contributed by atoms with Crippen molar-refractivity contribution >= 4 is 26.7 Å². The van der Waals surface area contributed by atoms with Gasteiger partial charge in [-0.1, -0.05) is 29.8 Å². The number of fused-ring (bicyclic) bond motifs is 1. The van der Waals surface area contributed by atoms with Gasteiger partial charge in [0.1, 0.15) is 5.75 Å². The fraction of sp³-hybridized carbons (Fsp3) is 0.167. The highest BCUT2D eigenvalue weighted by Crippen LogP contribution is 2.33. The van der Waals surface area contributed by atoms with Crippen LogP contribution < -0.4 is 4.74 Å². The molecule has 0 fully saturated rings. The van der Waals surface area contributed by atoms with Crippen molar-refractivity contribution in [3.63, 3.8) is 0 Å². The maximum atomic E-state index is 5.35. The molecule has 0 aromatic heterocycles. The van der Waals surface area contributed by atoms with E-state index >= 15 is 0 Å². The van der Waals surface area contributed by atoms with Crippen molar-refractivity contribution in [3.05, 3.63) is 40.4 Å². The van der Waals surface area contributed by atoms with Gasteiger partial charge in [-0.3, -0.25) is 0 Å². The van der Waals surface area contributed by atoms with E-state index in [0.717, 1.165) is 15.6 Å². The lowest BCUT2D eigenvalue weighted by molar-refractivity contribution is 0.417. The molecule has 0 amide bonds. The van der Waals surface area contributed by atoms with Crippen LogP contribution in [0.3, 0.4) is 0 Å². The van der Waals surface area contributed by atoms with Crippen LogP contribution in [0.2, 0.25) is 0 Å². The van der Waals surface area contributed by atoms with E-state index in [0.29, 0.717) is 0 Å². The first kappa shape index (κ1) is 9.53. The summed E-state index contributed by atoms with van der Waals surface area (Å²) in [5.74, 6) is 0.905. The number of ether oxygens (including phenoxy) is 1. The highest BCUT2D eigenvalue weighted by atomic mass is 79.9. The van der Waals surface area contributed by atoms with Crippen molar-refractivity contribution in [1.82, 2.24) is 0 Å². The van der Waals surface area contributed by atoms with Crippen LogP contribution in [0.15, 0.2) is 34.8 Å². The number of hydrogen-bond acceptors (Lipinski definition) is 1. The normalized spacial score (nSPS) is 10.5. The van der Waals surface area contributed by atoms with E-state index in [2.05, 4.69) is 47.1 Å². The second-order valence-electron chi connectivity index (χ2n) is 3.31. The third kappa shape index (κ3) is 1.50. The molecule has 0 saturated carbocycles. The van der Waals surface area contributed by atoms with Gasteiger partial charge in [0, 0.05) is 5.39 Å². The van der Waals surface area contributed by atoms with Crippen molar-refractivity contribution < 1.29 is 4.74 Å². The highest BCUT2D eigenvalue weighted by Gasteiger charge is 2.05. The molecular formula is C12H11BrO. The van der Waals surface area contributed by atoms with Gasteiger partial charge in [-0.15, -0.1) is 0 Å². The van der Waals surface area contributed by atoms with Crippen molar-refractivity contribution in [2.24, 2.45) is 0 Å². The van der Waals surface area contributed by atoms with E-state index in [1.807, 2.05) is 6.07 Å². The summed E-state index contributed by atoms with van der Waals surface area (Å²) in [6.45, 7) is 2.09. The molecule has 2 aromatic rings. The fourth-order valence-corrected chi connectivity index (χ4v) is 2.11. The van der Waals surface area contributed by atoms with Gasteiger partial charge in [0.15, 0.2) is 0 Å². The summed E-state index contributed by atoms with van der Waals surface area (Å²) in [5.41, 5.74) is 1.27. The molecule has 72 valence electrons. The van der Waals surface area contributed by atoms with Gasteiger partial charge in [-0.05, 0) is 34.3 Å². The quantitative estimate of drug-likeness (QED) is 0.746. The maximum Gasteiger partial charge on any atom is 0.140 e. The van der Waals surface area contributed by atoms with E-state index in [1.54, 1.807) is 7.11 Å². The number of benzene rings is 2. The van der Waals surface area contributed by atoms with E-state index < -0.39 is 0 Å². The van der Waals surface area contributed by atoms with E-state index in [9.17, 15) is 0 Å². The predicted molar refractivity (Wildman–Crippen MR) is 62.9 cm³/mol. The van der Waals surface area contributed by atoms with Crippen LogP contribution in [0.1, 0.15) is 5.56 Å². The molecule has 0 saturated heterocycles. The standard InChI is InChI=1S/C12H11BrO/c1-8-3-5-10-9(7-8)4-6-11(13)12(10)14-2/h3-7H,1-2H3. The molecule has 0 N–H and O–H groups in total. The Balaban J connectivity index is 2.82. The molecule has 0 aliphatic rings. The minimum Gasteiger partial charge on any atom is -0.495 e. The van der Waals surface area contributed by atoms with E-state index in [1.165, 1.54) is 10.9 Å². The largest absolute Gasteiger partial charge is 0.495 e. The van der Waals surface area contributed by atoms with Crippen molar-refractivity contribution in [2.75, 3.05) is 7.11 Å². The third-order valence-corrected chi connectivity index (χ3v) is 2.91. The van der Waals surface area contributed by atoms with Gasteiger partial charge in [-0.25, -0.2) is 0 Å². The topological polar surface area (TPSA) is 9.23 Å². The van der Waals surface area contributed by atoms with Crippen LogP contribution in [0.5, 0.6) is 5.75 Å². The molecule has 0 heterocycles. The second-order valence-corrected chi connectivity index (χ2v) is 4.16. The van der Waals surface area contributed by atoms with Gasteiger partial charge in [0.2, 0.25) is 0 Å². The molecule has 0 spiro atoms. The molecule has 0 aliphatic heterocycles. The predicted octanol–water partition coefficient (Wildman–Crippen LogP) is 3.92. The zero-order chi connectivity index (χ0) is 10.1. The Morgan fingerprint density at radius 1 is 1.14 bits per heavy atom. The molecular weight excluding hydrogens is 240 g/mol. The summed E-state index contributed by atoms with van der Waals surface area (Å²) in [6.07, 6.45) is 0. The number of rotatable bonds is 1. The maximum absolute atomic E-state index is 5.35. The molecule has 2 rings (SSSR count). The Hall–Kier alpha value is -1.02. The Bertz CT molecular complexity index is 477. The molecule has 0 bridgehead atoms. The summed E-state index contributed by atoms with van der Waals surface area (Å²) >= 11 is 3.47. The van der Waals surface area contributed by atoms with Gasteiger partial charge in [0.05, 0.1) is 11.6 Å². The first-order valence-corrected chi connectivity index (χ1v) is 5.24. The Labute approximate surface area is 91.8 Å². The van der Waals surface area contributed by atoms with Crippen LogP contribution in [-0.4, -0.2) is 7.11 Å². The lowest BCUT2D eigenvalue weighted by Crippen LogP contribution is -1.86. The molecule has 2 aromatic carbocycles. The second kappa shape index (κ2) is 3.62. The fourth-order valence-electron chi connectivity index (χ4n) is 1.60. The minimum absolute atomic E-state index is 0.905. The molecule has 0 atom stereocenters. The molecule has 14 heavy (non-hydrogen) atoms. The molecule has 0 unspecified atom stereocenters. The average Bonchev–Trinajstić information content (AvgIpc) is 2.18. The number of hydrogen-bond donors (Lipinski definition) is 0. The Kier molecular flexibility index (Phi) is 2.46. The molecule has 0 aliphatic carbocycles. The van der Waals surface area contributed by atoms with Gasteiger partial charge >= 0.3 is 0 Å². The lowest BCUT2D eigenvalue weighted by Gasteiger charge is -2.07. The lowest BCUT2D eigenvalue weighted by atomic mass is 10.1. The van der Waals surface area contributed by atoms with Crippen LogP contribution in [0.4, 0.5) is 0 Å². The van der Waals surface area contributed by atoms with Crippen LogP contribution in [0.25, 0.3) is 10.8 Å². The Morgan fingerprint density at radius 3 is 2.64 bits per heavy atom. The third-order valence-electron chi connectivity index (χ3n) is 2.28. The van der Waals surface area contributed by atoms with Crippen LogP contribution in [0, 0.1) is 6.92 Å². The SMILES string of the molecule is COc1c(Br)ccc2cc(C)ccc12. The van der Waals surface area contributed by atoms with Gasteiger partial charge in [-0.2, -0.15) is 0 Å². The van der Waals surface area contributed by atoms with Crippen molar-refractivity contribution in [3.8, 4) is 5.75 Å². The molecule has 1 nitrogen and oxygen atoms in total. The van der Waals surface area contributed by atoms with Gasteiger partial charge < -0.3 is 4.74 Å². The summed E-state index contributed by atoms with van der Waals surface area (Å²) in [7, 11) is 1.69. The number of halogens is 1. The molecule has 2 heteroatoms. The first-order valence-electron chi connectivity index (χ1n) is 4.45. The zero-order valence-electron chi connectivity index (χ0n) is 8.17. The summed E-state index contributed by atoms with van der Waals surface area (Å²) < 4.78 is 6.35. The smallest absolute Gasteiger partial charge is 0.140 e. The van der Waals surface area contributed by atoms with E-state index in [-0.39, 0.29) is 0 Å². The number of aryl methyl sites for hydroxylation is 1. The highest BCUT2D eigenvalue weighted by molar-refractivity contribution is 9.10. The Morgan fingerprint density at radius 2 is 1.93 bits per heavy atom. The minimum atomic E-state index is 0.905.